The third-order valence-electron chi connectivity index (χ3n) is 2.55. The topological polar surface area (TPSA) is 9.23 Å². The van der Waals surface area contributed by atoms with Gasteiger partial charge in [0.05, 0.1) is 11.7 Å². The molecule has 1 nitrogen and oxygen atoms in total. The Morgan fingerprint density at radius 3 is 2.46 bits per heavy atom. The Morgan fingerprint density at radius 2 is 2.00 bits per heavy atom. The Kier molecular flexibility index (Phi) is 3.18. The van der Waals surface area contributed by atoms with E-state index in [4.69, 9.17) is 4.74 Å². The zero-order valence-corrected chi connectivity index (χ0v) is 9.55. The molecule has 1 heteroatoms. The number of ether oxygens (including phenoxy) is 1. The highest BCUT2D eigenvalue weighted by atomic mass is 16.5. The molecule has 0 bridgehead atoms. The first kappa shape index (κ1) is 10.8. The van der Waals surface area contributed by atoms with E-state index in [1.807, 2.05) is 0 Å². The second-order valence-corrected chi connectivity index (χ2v) is 5.01. The largest absolute Gasteiger partial charge is 0.368 e. The van der Waals surface area contributed by atoms with Crippen molar-refractivity contribution in [3.05, 3.63) is 11.6 Å². The van der Waals surface area contributed by atoms with E-state index in [-0.39, 0.29) is 5.60 Å². The fourth-order valence-corrected chi connectivity index (χ4v) is 2.60. The van der Waals surface area contributed by atoms with Crippen LogP contribution in [0.4, 0.5) is 0 Å². The van der Waals surface area contributed by atoms with Gasteiger partial charge in [-0.25, -0.2) is 0 Å². The van der Waals surface area contributed by atoms with Crippen LogP contribution >= 0.6 is 0 Å². The van der Waals surface area contributed by atoms with Crippen molar-refractivity contribution in [2.75, 3.05) is 0 Å². The van der Waals surface area contributed by atoms with Crippen LogP contribution in [0.5, 0.6) is 0 Å². The van der Waals surface area contributed by atoms with Gasteiger partial charge in [0.2, 0.25) is 0 Å². The summed E-state index contributed by atoms with van der Waals surface area (Å²) >= 11 is 0. The lowest BCUT2D eigenvalue weighted by molar-refractivity contribution is -0.0971. The van der Waals surface area contributed by atoms with Gasteiger partial charge in [0.1, 0.15) is 0 Å². The molecule has 0 radical (unpaired) electrons. The van der Waals surface area contributed by atoms with Crippen LogP contribution < -0.4 is 0 Å². The standard InChI is InChI=1S/C12H22O/c1-9(2)7-12(5)8-10(3)6-11(4)13-12/h7,10-11H,6,8H2,1-5H3. The lowest BCUT2D eigenvalue weighted by Gasteiger charge is -2.39. The van der Waals surface area contributed by atoms with E-state index in [0.717, 1.165) is 12.3 Å². The average molecular weight is 182 g/mol. The summed E-state index contributed by atoms with van der Waals surface area (Å²) in [6.45, 7) is 11.0. The second-order valence-electron chi connectivity index (χ2n) is 5.01. The van der Waals surface area contributed by atoms with Gasteiger partial charge >= 0.3 is 0 Å². The third kappa shape index (κ3) is 3.15. The summed E-state index contributed by atoms with van der Waals surface area (Å²) in [5.74, 6) is 0.782. The molecule has 0 aromatic carbocycles. The molecule has 1 heterocycles. The third-order valence-corrected chi connectivity index (χ3v) is 2.55. The minimum atomic E-state index is -0.0179. The fraction of sp³-hybridized carbons (Fsp3) is 0.833. The Bertz CT molecular complexity index is 191. The average Bonchev–Trinajstić information content (AvgIpc) is 1.77. The highest BCUT2D eigenvalue weighted by Gasteiger charge is 2.32. The van der Waals surface area contributed by atoms with Gasteiger partial charge < -0.3 is 4.74 Å². The van der Waals surface area contributed by atoms with Gasteiger partial charge in [-0.1, -0.05) is 18.6 Å². The van der Waals surface area contributed by atoms with Gasteiger partial charge in [-0.2, -0.15) is 0 Å². The highest BCUT2D eigenvalue weighted by Crippen LogP contribution is 2.33. The van der Waals surface area contributed by atoms with Gasteiger partial charge in [0.15, 0.2) is 0 Å². The molecule has 0 saturated carbocycles. The molecule has 0 N–H and O–H groups in total. The quantitative estimate of drug-likeness (QED) is 0.563. The van der Waals surface area contributed by atoms with Crippen LogP contribution in [-0.4, -0.2) is 11.7 Å². The van der Waals surface area contributed by atoms with Crippen LogP contribution in [0, 0.1) is 5.92 Å². The molecular formula is C12H22O. The molecule has 13 heavy (non-hydrogen) atoms. The molecule has 3 atom stereocenters. The zero-order chi connectivity index (χ0) is 10.1. The van der Waals surface area contributed by atoms with E-state index < -0.39 is 0 Å². The molecule has 1 aliphatic heterocycles. The molecule has 1 aliphatic rings. The number of hydrogen-bond acceptors (Lipinski definition) is 1. The smallest absolute Gasteiger partial charge is 0.0843 e. The molecule has 1 rings (SSSR count). The first-order chi connectivity index (χ1) is 5.91. The van der Waals surface area contributed by atoms with Gasteiger partial charge in [-0.3, -0.25) is 0 Å². The van der Waals surface area contributed by atoms with Crippen LogP contribution in [0.1, 0.15) is 47.5 Å². The van der Waals surface area contributed by atoms with Crippen molar-refractivity contribution < 1.29 is 4.74 Å². The van der Waals surface area contributed by atoms with Crippen molar-refractivity contribution in [3.63, 3.8) is 0 Å². The predicted molar refractivity (Wildman–Crippen MR) is 56.8 cm³/mol. The Labute approximate surface area is 82.2 Å². The molecule has 1 fully saturated rings. The normalized spacial score (nSPS) is 40.1. The summed E-state index contributed by atoms with van der Waals surface area (Å²) in [5.41, 5.74) is 1.33. The Morgan fingerprint density at radius 1 is 1.38 bits per heavy atom. The SMILES string of the molecule is CC(C)=CC1(C)CC(C)CC(C)O1. The van der Waals surface area contributed by atoms with E-state index in [2.05, 4.69) is 40.7 Å². The van der Waals surface area contributed by atoms with Crippen molar-refractivity contribution in [2.24, 2.45) is 5.92 Å². The Hall–Kier alpha value is -0.300. The van der Waals surface area contributed by atoms with E-state index in [0.29, 0.717) is 6.10 Å². The monoisotopic (exact) mass is 182 g/mol. The van der Waals surface area contributed by atoms with Crippen LogP contribution in [0.3, 0.4) is 0 Å². The summed E-state index contributed by atoms with van der Waals surface area (Å²) < 4.78 is 5.98. The molecule has 0 aliphatic carbocycles. The van der Waals surface area contributed by atoms with E-state index in [1.165, 1.54) is 12.0 Å². The molecule has 0 amide bonds. The predicted octanol–water partition coefficient (Wildman–Crippen LogP) is 3.55. The lowest BCUT2D eigenvalue weighted by Crippen LogP contribution is -2.38. The van der Waals surface area contributed by atoms with Gasteiger partial charge in [-0.15, -0.1) is 0 Å². The first-order valence-electron chi connectivity index (χ1n) is 5.25. The van der Waals surface area contributed by atoms with Crippen LogP contribution in [0.25, 0.3) is 0 Å². The second kappa shape index (κ2) is 3.83. The van der Waals surface area contributed by atoms with Crippen molar-refractivity contribution in [3.8, 4) is 0 Å². The van der Waals surface area contributed by atoms with Gasteiger partial charge in [0.25, 0.3) is 0 Å². The molecular weight excluding hydrogens is 160 g/mol. The van der Waals surface area contributed by atoms with E-state index in [1.54, 1.807) is 0 Å². The summed E-state index contributed by atoms with van der Waals surface area (Å²) in [6.07, 6.45) is 5.03. The molecule has 0 aromatic heterocycles. The number of rotatable bonds is 1. The van der Waals surface area contributed by atoms with Crippen molar-refractivity contribution in [1.82, 2.24) is 0 Å². The van der Waals surface area contributed by atoms with E-state index in [9.17, 15) is 0 Å². The zero-order valence-electron chi connectivity index (χ0n) is 9.55. The van der Waals surface area contributed by atoms with E-state index >= 15 is 0 Å². The molecule has 76 valence electrons. The maximum absolute atomic E-state index is 5.98. The summed E-state index contributed by atoms with van der Waals surface area (Å²) in [7, 11) is 0. The lowest BCUT2D eigenvalue weighted by atomic mass is 9.85. The van der Waals surface area contributed by atoms with Crippen LogP contribution in [-0.2, 0) is 4.74 Å². The summed E-state index contributed by atoms with van der Waals surface area (Å²) in [5, 5.41) is 0. The molecule has 1 saturated heterocycles. The minimum absolute atomic E-state index is 0.0179. The summed E-state index contributed by atoms with van der Waals surface area (Å²) in [6, 6.07) is 0. The van der Waals surface area contributed by atoms with Crippen molar-refractivity contribution >= 4 is 0 Å². The maximum Gasteiger partial charge on any atom is 0.0843 e. The van der Waals surface area contributed by atoms with Crippen molar-refractivity contribution in [2.45, 2.75) is 59.2 Å². The molecule has 0 spiro atoms. The molecule has 0 aromatic rings. The van der Waals surface area contributed by atoms with Gasteiger partial charge in [-0.05, 0) is 46.5 Å². The number of hydrogen-bond donors (Lipinski definition) is 0. The van der Waals surface area contributed by atoms with Crippen molar-refractivity contribution in [1.29, 1.82) is 0 Å². The first-order valence-corrected chi connectivity index (χ1v) is 5.25. The van der Waals surface area contributed by atoms with Gasteiger partial charge in [0, 0.05) is 0 Å². The summed E-state index contributed by atoms with van der Waals surface area (Å²) in [4.78, 5) is 0. The maximum atomic E-state index is 5.98. The molecule has 3 unspecified atom stereocenters. The highest BCUT2D eigenvalue weighted by molar-refractivity contribution is 5.07. The minimum Gasteiger partial charge on any atom is -0.368 e. The Balaban J connectivity index is 2.72. The number of allylic oxidation sites excluding steroid dienone is 1. The fourth-order valence-electron chi connectivity index (χ4n) is 2.60. The van der Waals surface area contributed by atoms with Crippen LogP contribution in [0.15, 0.2) is 11.6 Å². The van der Waals surface area contributed by atoms with Crippen LogP contribution in [0.2, 0.25) is 0 Å².